The SMILES string of the molecule is O=C1CCc2c1ccc1c3ncc(Br)cc3n(C(c3ccccc3)C3CCOCC3)c21. The lowest BCUT2D eigenvalue weighted by Gasteiger charge is -2.33. The molecule has 0 radical (unpaired) electrons. The summed E-state index contributed by atoms with van der Waals surface area (Å²) in [5.41, 5.74) is 6.68. The van der Waals surface area contributed by atoms with E-state index in [4.69, 9.17) is 9.72 Å². The number of Topliss-reactive ketones (excluding diaryl/α,β-unsaturated/α-hetero) is 1. The van der Waals surface area contributed by atoms with Gasteiger partial charge >= 0.3 is 0 Å². The van der Waals surface area contributed by atoms with E-state index in [0.29, 0.717) is 12.3 Å². The molecule has 1 aliphatic carbocycles. The first-order chi connectivity index (χ1) is 15.2. The molecule has 1 unspecified atom stereocenters. The average molecular weight is 475 g/mol. The molecule has 156 valence electrons. The number of hydrogen-bond donors (Lipinski definition) is 0. The van der Waals surface area contributed by atoms with Crippen LogP contribution in [0.5, 0.6) is 0 Å². The van der Waals surface area contributed by atoms with Crippen molar-refractivity contribution >= 4 is 43.6 Å². The molecular formula is C26H23BrN2O2. The molecule has 6 rings (SSSR count). The maximum atomic E-state index is 12.6. The van der Waals surface area contributed by atoms with E-state index in [1.807, 2.05) is 12.3 Å². The van der Waals surface area contributed by atoms with E-state index < -0.39 is 0 Å². The number of rotatable bonds is 3. The predicted octanol–water partition coefficient (Wildman–Crippen LogP) is 6.10. The Morgan fingerprint density at radius 1 is 1.06 bits per heavy atom. The first kappa shape index (κ1) is 19.2. The fraction of sp³-hybridized carbons (Fsp3) is 0.308. The summed E-state index contributed by atoms with van der Waals surface area (Å²) in [6.45, 7) is 1.59. The average Bonchev–Trinajstić information content (AvgIpc) is 3.33. The second-order valence-electron chi connectivity index (χ2n) is 8.61. The topological polar surface area (TPSA) is 44.1 Å². The van der Waals surface area contributed by atoms with Gasteiger partial charge in [0.15, 0.2) is 5.78 Å². The Morgan fingerprint density at radius 3 is 2.68 bits per heavy atom. The first-order valence-electron chi connectivity index (χ1n) is 11.0. The van der Waals surface area contributed by atoms with Crippen molar-refractivity contribution in [3.63, 3.8) is 0 Å². The lowest BCUT2D eigenvalue weighted by molar-refractivity contribution is 0.0552. The van der Waals surface area contributed by atoms with E-state index >= 15 is 0 Å². The molecule has 2 aliphatic rings. The molecular weight excluding hydrogens is 452 g/mol. The van der Waals surface area contributed by atoms with Crippen LogP contribution in [-0.2, 0) is 11.2 Å². The quantitative estimate of drug-likeness (QED) is 0.360. The van der Waals surface area contributed by atoms with Gasteiger partial charge in [-0.1, -0.05) is 36.4 Å². The van der Waals surface area contributed by atoms with Crippen LogP contribution in [0, 0.1) is 5.92 Å². The second kappa shape index (κ2) is 7.57. The minimum Gasteiger partial charge on any atom is -0.381 e. The third kappa shape index (κ3) is 3.06. The molecule has 0 amide bonds. The number of aryl methyl sites for hydroxylation is 1. The standard InChI is InChI=1S/C26H23BrN2O2/c27-18-14-22-24(28-15-18)21-7-6-19-20(8-9-23(19)30)26(21)29(22)25(16-4-2-1-3-5-16)17-10-12-31-13-11-17/h1-7,14-15,17,25H,8-13H2. The second-order valence-corrected chi connectivity index (χ2v) is 9.52. The maximum Gasteiger partial charge on any atom is 0.163 e. The number of ketones is 1. The van der Waals surface area contributed by atoms with E-state index in [1.54, 1.807) is 0 Å². The van der Waals surface area contributed by atoms with E-state index in [1.165, 1.54) is 16.6 Å². The summed E-state index contributed by atoms with van der Waals surface area (Å²) in [6.07, 6.45) is 5.32. The Labute approximate surface area is 189 Å². The van der Waals surface area contributed by atoms with Crippen LogP contribution >= 0.6 is 15.9 Å². The molecule has 1 saturated heterocycles. The van der Waals surface area contributed by atoms with Crippen LogP contribution in [-0.4, -0.2) is 28.5 Å². The Balaban J connectivity index is 1.72. The Morgan fingerprint density at radius 2 is 1.87 bits per heavy atom. The van der Waals surface area contributed by atoms with Crippen LogP contribution in [0.3, 0.4) is 0 Å². The zero-order valence-electron chi connectivity index (χ0n) is 17.2. The molecule has 3 heterocycles. The highest BCUT2D eigenvalue weighted by Gasteiger charge is 2.32. The Kier molecular flexibility index (Phi) is 4.69. The normalized spacial score (nSPS) is 18.0. The summed E-state index contributed by atoms with van der Waals surface area (Å²) in [5.74, 6) is 0.715. The third-order valence-corrected chi connectivity index (χ3v) is 7.34. The van der Waals surface area contributed by atoms with Gasteiger partial charge in [-0.05, 0) is 64.4 Å². The lowest BCUT2D eigenvalue weighted by Crippen LogP contribution is -2.27. The molecule has 2 aromatic heterocycles. The minimum atomic E-state index is 0.170. The smallest absolute Gasteiger partial charge is 0.163 e. The highest BCUT2D eigenvalue weighted by Crippen LogP contribution is 2.43. The van der Waals surface area contributed by atoms with Crippen molar-refractivity contribution in [2.75, 3.05) is 13.2 Å². The monoisotopic (exact) mass is 474 g/mol. The molecule has 4 aromatic rings. The first-order valence-corrected chi connectivity index (χ1v) is 11.8. The largest absolute Gasteiger partial charge is 0.381 e. The van der Waals surface area contributed by atoms with Gasteiger partial charge in [0, 0.05) is 41.3 Å². The number of carbonyl (C=O) groups excluding carboxylic acids is 1. The molecule has 2 aromatic carbocycles. The van der Waals surface area contributed by atoms with Gasteiger partial charge in [-0.2, -0.15) is 0 Å². The number of fused-ring (bicyclic) bond motifs is 5. The van der Waals surface area contributed by atoms with Crippen molar-refractivity contribution in [3.8, 4) is 0 Å². The van der Waals surface area contributed by atoms with E-state index in [2.05, 4.69) is 63.0 Å². The van der Waals surface area contributed by atoms with Crippen LogP contribution < -0.4 is 0 Å². The van der Waals surface area contributed by atoms with Gasteiger partial charge in [0.25, 0.3) is 0 Å². The van der Waals surface area contributed by atoms with Crippen LogP contribution in [0.4, 0.5) is 0 Å². The number of halogens is 1. The zero-order chi connectivity index (χ0) is 20.9. The van der Waals surface area contributed by atoms with Crippen LogP contribution in [0.25, 0.3) is 21.9 Å². The summed E-state index contributed by atoms with van der Waals surface area (Å²) < 4.78 is 9.17. The van der Waals surface area contributed by atoms with Crippen LogP contribution in [0.15, 0.2) is 59.2 Å². The molecule has 1 fully saturated rings. The third-order valence-electron chi connectivity index (χ3n) is 6.91. The molecule has 0 N–H and O–H groups in total. The van der Waals surface area contributed by atoms with Crippen molar-refractivity contribution in [3.05, 3.63) is 75.9 Å². The summed E-state index contributed by atoms with van der Waals surface area (Å²) in [6, 6.07) is 17.2. The van der Waals surface area contributed by atoms with Crippen molar-refractivity contribution in [2.45, 2.75) is 31.7 Å². The number of aromatic nitrogens is 2. The lowest BCUT2D eigenvalue weighted by atomic mass is 9.86. The van der Waals surface area contributed by atoms with Gasteiger partial charge < -0.3 is 9.30 Å². The minimum absolute atomic E-state index is 0.170. The Hall–Kier alpha value is -2.50. The summed E-state index contributed by atoms with van der Waals surface area (Å²) in [7, 11) is 0. The molecule has 0 spiro atoms. The van der Waals surface area contributed by atoms with E-state index in [0.717, 1.165) is 58.9 Å². The molecule has 5 heteroatoms. The van der Waals surface area contributed by atoms with Gasteiger partial charge in [0.1, 0.15) is 0 Å². The predicted molar refractivity (Wildman–Crippen MR) is 126 cm³/mol. The van der Waals surface area contributed by atoms with E-state index in [-0.39, 0.29) is 11.8 Å². The zero-order valence-corrected chi connectivity index (χ0v) is 18.8. The van der Waals surface area contributed by atoms with Crippen LogP contribution in [0.2, 0.25) is 0 Å². The fourth-order valence-corrected chi connectivity index (χ4v) is 5.85. The number of pyridine rings is 1. The molecule has 0 bridgehead atoms. The van der Waals surface area contributed by atoms with Crippen molar-refractivity contribution in [1.29, 1.82) is 0 Å². The highest BCUT2D eigenvalue weighted by atomic mass is 79.9. The summed E-state index contributed by atoms with van der Waals surface area (Å²) >= 11 is 3.65. The van der Waals surface area contributed by atoms with Gasteiger partial charge in [-0.25, -0.2) is 0 Å². The van der Waals surface area contributed by atoms with Crippen molar-refractivity contribution < 1.29 is 9.53 Å². The summed E-state index contributed by atoms with van der Waals surface area (Å²) in [5, 5.41) is 1.14. The van der Waals surface area contributed by atoms with Gasteiger partial charge in [-0.3, -0.25) is 9.78 Å². The number of carbonyl (C=O) groups is 1. The van der Waals surface area contributed by atoms with Crippen molar-refractivity contribution in [1.82, 2.24) is 9.55 Å². The number of hydrogen-bond acceptors (Lipinski definition) is 3. The fourth-order valence-electron chi connectivity index (χ4n) is 5.53. The molecule has 1 aliphatic heterocycles. The van der Waals surface area contributed by atoms with Gasteiger partial charge in [0.2, 0.25) is 0 Å². The number of benzene rings is 2. The number of ether oxygens (including phenoxy) is 1. The summed E-state index contributed by atoms with van der Waals surface area (Å²) in [4.78, 5) is 17.4. The van der Waals surface area contributed by atoms with Crippen molar-refractivity contribution in [2.24, 2.45) is 5.92 Å². The molecule has 1 atom stereocenters. The number of nitrogens with zero attached hydrogens (tertiary/aromatic N) is 2. The highest BCUT2D eigenvalue weighted by molar-refractivity contribution is 9.10. The molecule has 31 heavy (non-hydrogen) atoms. The van der Waals surface area contributed by atoms with Gasteiger partial charge in [0.05, 0.1) is 22.6 Å². The van der Waals surface area contributed by atoms with Crippen LogP contribution in [0.1, 0.15) is 46.8 Å². The van der Waals surface area contributed by atoms with E-state index in [9.17, 15) is 4.79 Å². The Bertz CT molecular complexity index is 1310. The molecule has 0 saturated carbocycles. The molecule has 4 nitrogen and oxygen atoms in total. The van der Waals surface area contributed by atoms with Gasteiger partial charge in [-0.15, -0.1) is 0 Å². The maximum absolute atomic E-state index is 12.6.